The molecule has 2 rings (SSSR count). The number of hydroxylamine groups is 2. The summed E-state index contributed by atoms with van der Waals surface area (Å²) in [6, 6.07) is 4.82. The Morgan fingerprint density at radius 3 is 3.00 bits per heavy atom. The van der Waals surface area contributed by atoms with Gasteiger partial charge in [-0.3, -0.25) is 14.4 Å². The Morgan fingerprint density at radius 2 is 2.29 bits per heavy atom. The number of fused-ring (bicyclic) bond motifs is 1. The van der Waals surface area contributed by atoms with Crippen molar-refractivity contribution >= 4 is 17.5 Å². The van der Waals surface area contributed by atoms with Gasteiger partial charge < -0.3 is 10.1 Å². The van der Waals surface area contributed by atoms with Gasteiger partial charge in [0.2, 0.25) is 0 Å². The van der Waals surface area contributed by atoms with E-state index in [9.17, 15) is 9.59 Å². The van der Waals surface area contributed by atoms with Gasteiger partial charge in [0.15, 0.2) is 6.61 Å². The second-order valence-corrected chi connectivity index (χ2v) is 3.53. The van der Waals surface area contributed by atoms with Crippen LogP contribution in [0, 0.1) is 0 Å². The molecular weight excluding hydrogens is 224 g/mol. The highest BCUT2D eigenvalue weighted by Gasteiger charge is 2.19. The first-order chi connectivity index (χ1) is 8.11. The van der Waals surface area contributed by atoms with Gasteiger partial charge in [0, 0.05) is 12.6 Å². The van der Waals surface area contributed by atoms with Crippen molar-refractivity contribution in [1.29, 1.82) is 0 Å². The summed E-state index contributed by atoms with van der Waals surface area (Å²) in [4.78, 5) is 27.7. The van der Waals surface area contributed by atoms with Crippen LogP contribution in [-0.4, -0.2) is 37.6 Å². The van der Waals surface area contributed by atoms with Crippen molar-refractivity contribution in [2.75, 3.05) is 26.1 Å². The van der Waals surface area contributed by atoms with Gasteiger partial charge in [0.05, 0.1) is 12.8 Å². The predicted molar refractivity (Wildman–Crippen MR) is 59.7 cm³/mol. The van der Waals surface area contributed by atoms with E-state index in [1.165, 1.54) is 14.2 Å². The van der Waals surface area contributed by atoms with E-state index < -0.39 is 0 Å². The first kappa shape index (κ1) is 11.4. The van der Waals surface area contributed by atoms with E-state index >= 15 is 0 Å². The Hall–Kier alpha value is -2.08. The van der Waals surface area contributed by atoms with Crippen molar-refractivity contribution < 1.29 is 19.2 Å². The number of rotatable bonds is 2. The molecule has 0 radical (unpaired) electrons. The maximum atomic E-state index is 11.8. The summed E-state index contributed by atoms with van der Waals surface area (Å²) in [5, 5.41) is 3.74. The molecule has 17 heavy (non-hydrogen) atoms. The molecule has 1 aliphatic heterocycles. The molecule has 1 aromatic rings. The molecule has 1 aliphatic rings. The molecule has 0 fully saturated rings. The van der Waals surface area contributed by atoms with Crippen LogP contribution in [0.1, 0.15) is 10.4 Å². The van der Waals surface area contributed by atoms with Gasteiger partial charge in [-0.25, -0.2) is 5.06 Å². The summed E-state index contributed by atoms with van der Waals surface area (Å²) in [6.45, 7) is -0.00172. The van der Waals surface area contributed by atoms with Gasteiger partial charge in [-0.05, 0) is 18.2 Å². The minimum atomic E-state index is -0.296. The molecule has 0 bridgehead atoms. The van der Waals surface area contributed by atoms with E-state index in [4.69, 9.17) is 9.57 Å². The molecule has 0 spiro atoms. The first-order valence-electron chi connectivity index (χ1n) is 5.00. The number of ether oxygens (including phenoxy) is 1. The van der Waals surface area contributed by atoms with Crippen LogP contribution in [0.25, 0.3) is 0 Å². The molecule has 0 aliphatic carbocycles. The number of benzene rings is 1. The van der Waals surface area contributed by atoms with Crippen LogP contribution < -0.4 is 10.1 Å². The lowest BCUT2D eigenvalue weighted by Gasteiger charge is -2.19. The maximum absolute atomic E-state index is 11.8. The second-order valence-electron chi connectivity index (χ2n) is 3.53. The number of anilines is 1. The Bertz CT molecular complexity index is 473. The van der Waals surface area contributed by atoms with Crippen LogP contribution in [0.2, 0.25) is 0 Å². The average Bonchev–Trinajstić information content (AvgIpc) is 2.36. The quantitative estimate of drug-likeness (QED) is 0.765. The fraction of sp³-hybridized carbons (Fsp3) is 0.273. The van der Waals surface area contributed by atoms with Gasteiger partial charge in [0.1, 0.15) is 5.75 Å². The molecule has 0 atom stereocenters. The molecule has 0 saturated heterocycles. The summed E-state index contributed by atoms with van der Waals surface area (Å²) in [6.07, 6.45) is 0. The number of amides is 2. The smallest absolute Gasteiger partial charge is 0.277 e. The van der Waals surface area contributed by atoms with E-state index in [0.717, 1.165) is 5.06 Å². The average molecular weight is 236 g/mol. The van der Waals surface area contributed by atoms with E-state index in [1.54, 1.807) is 18.2 Å². The fourth-order valence-electron chi connectivity index (χ4n) is 1.48. The monoisotopic (exact) mass is 236 g/mol. The number of nitrogens with one attached hydrogen (secondary N) is 1. The van der Waals surface area contributed by atoms with E-state index in [0.29, 0.717) is 17.0 Å². The summed E-state index contributed by atoms with van der Waals surface area (Å²) >= 11 is 0. The Labute approximate surface area is 98.1 Å². The second kappa shape index (κ2) is 4.42. The van der Waals surface area contributed by atoms with Crippen molar-refractivity contribution in [2.24, 2.45) is 0 Å². The van der Waals surface area contributed by atoms with Crippen LogP contribution in [0.15, 0.2) is 18.2 Å². The summed E-state index contributed by atoms with van der Waals surface area (Å²) in [5.74, 6) is 0.0264. The van der Waals surface area contributed by atoms with Gasteiger partial charge in [-0.15, -0.1) is 0 Å². The fourth-order valence-corrected chi connectivity index (χ4v) is 1.48. The highest BCUT2D eigenvalue weighted by molar-refractivity contribution is 5.99. The molecule has 1 heterocycles. The van der Waals surface area contributed by atoms with E-state index in [1.807, 2.05) is 0 Å². The molecule has 6 nitrogen and oxygen atoms in total. The van der Waals surface area contributed by atoms with Crippen LogP contribution in [0.5, 0.6) is 5.75 Å². The first-order valence-corrected chi connectivity index (χ1v) is 5.00. The number of nitrogens with zero attached hydrogens (tertiary/aromatic N) is 1. The van der Waals surface area contributed by atoms with Crippen molar-refractivity contribution in [3.63, 3.8) is 0 Å². The minimum Gasteiger partial charge on any atom is -0.482 e. The van der Waals surface area contributed by atoms with Gasteiger partial charge in [-0.2, -0.15) is 0 Å². The number of carbonyl (C=O) groups excluding carboxylic acids is 2. The van der Waals surface area contributed by atoms with Crippen LogP contribution in [0.3, 0.4) is 0 Å². The lowest BCUT2D eigenvalue weighted by molar-refractivity contribution is -0.118. The van der Waals surface area contributed by atoms with Crippen molar-refractivity contribution in [2.45, 2.75) is 0 Å². The lowest BCUT2D eigenvalue weighted by Crippen LogP contribution is -2.27. The number of carbonyl (C=O) groups is 2. The Balaban J connectivity index is 2.30. The molecular formula is C11H12N2O4. The molecule has 0 unspecified atom stereocenters. The largest absolute Gasteiger partial charge is 0.482 e. The van der Waals surface area contributed by atoms with Crippen LogP contribution >= 0.6 is 0 Å². The van der Waals surface area contributed by atoms with Crippen LogP contribution in [0.4, 0.5) is 5.69 Å². The Morgan fingerprint density at radius 1 is 1.53 bits per heavy atom. The van der Waals surface area contributed by atoms with E-state index in [2.05, 4.69) is 5.32 Å². The van der Waals surface area contributed by atoms with Crippen molar-refractivity contribution in [3.05, 3.63) is 23.8 Å². The lowest BCUT2D eigenvalue weighted by atomic mass is 10.1. The predicted octanol–water partition coefficient (Wildman–Crippen LogP) is 0.651. The minimum absolute atomic E-state index is 0.00172. The third kappa shape index (κ3) is 2.21. The zero-order valence-electron chi connectivity index (χ0n) is 9.52. The summed E-state index contributed by atoms with van der Waals surface area (Å²) in [7, 11) is 2.91. The molecule has 1 N–H and O–H groups in total. The summed E-state index contributed by atoms with van der Waals surface area (Å²) < 4.78 is 5.19. The third-order valence-electron chi connectivity index (χ3n) is 2.42. The van der Waals surface area contributed by atoms with Crippen molar-refractivity contribution in [3.8, 4) is 5.75 Å². The Kier molecular flexibility index (Phi) is 2.97. The number of hydrogen-bond acceptors (Lipinski definition) is 4. The molecule has 2 amide bonds. The highest BCUT2D eigenvalue weighted by Crippen LogP contribution is 2.28. The van der Waals surface area contributed by atoms with E-state index in [-0.39, 0.29) is 18.4 Å². The van der Waals surface area contributed by atoms with Gasteiger partial charge >= 0.3 is 0 Å². The van der Waals surface area contributed by atoms with Gasteiger partial charge in [0.25, 0.3) is 11.8 Å². The van der Waals surface area contributed by atoms with Crippen molar-refractivity contribution in [1.82, 2.24) is 5.06 Å². The molecule has 90 valence electrons. The normalized spacial score (nSPS) is 13.4. The third-order valence-corrected chi connectivity index (χ3v) is 2.42. The summed E-state index contributed by atoms with van der Waals surface area (Å²) in [5.41, 5.74) is 0.913. The molecule has 6 heteroatoms. The zero-order valence-corrected chi connectivity index (χ0v) is 9.52. The standard InChI is InChI=1S/C11H12N2O4/c1-13(16-2)11(15)7-3-4-9-8(5-7)12-10(14)6-17-9/h3-5H,6H2,1-2H3,(H,12,14). The van der Waals surface area contributed by atoms with Crippen LogP contribution in [-0.2, 0) is 9.63 Å². The maximum Gasteiger partial charge on any atom is 0.277 e. The van der Waals surface area contributed by atoms with Gasteiger partial charge in [-0.1, -0.05) is 0 Å². The number of hydrogen-bond donors (Lipinski definition) is 1. The molecule has 1 aromatic carbocycles. The molecule has 0 aromatic heterocycles. The molecule has 0 saturated carbocycles. The topological polar surface area (TPSA) is 67.9 Å². The zero-order chi connectivity index (χ0) is 12.4. The SMILES string of the molecule is CON(C)C(=O)c1ccc2c(c1)NC(=O)CO2. The highest BCUT2D eigenvalue weighted by atomic mass is 16.7.